The Morgan fingerprint density at radius 2 is 2.11 bits per heavy atom. The van der Waals surface area contributed by atoms with Crippen molar-refractivity contribution in [1.29, 1.82) is 0 Å². The summed E-state index contributed by atoms with van der Waals surface area (Å²) in [6.45, 7) is 4.90. The summed E-state index contributed by atoms with van der Waals surface area (Å²) in [6, 6.07) is 2.19. The summed E-state index contributed by atoms with van der Waals surface area (Å²) in [5.74, 6) is 1.03. The van der Waals surface area contributed by atoms with E-state index in [1.807, 2.05) is 12.3 Å². The third-order valence-corrected chi connectivity index (χ3v) is 6.23. The lowest BCUT2D eigenvalue weighted by molar-refractivity contribution is 0.0793. The van der Waals surface area contributed by atoms with E-state index in [1.165, 1.54) is 30.5 Å². The van der Waals surface area contributed by atoms with Crippen molar-refractivity contribution in [2.45, 2.75) is 70.8 Å². The maximum absolute atomic E-state index is 12.5. The summed E-state index contributed by atoms with van der Waals surface area (Å²) in [7, 11) is 0. The van der Waals surface area contributed by atoms with Crippen LogP contribution in [0.25, 0.3) is 0 Å². The molecule has 0 radical (unpaired) electrons. The van der Waals surface area contributed by atoms with Crippen molar-refractivity contribution < 1.29 is 4.74 Å². The quantitative estimate of drug-likeness (QED) is 0.817. The molecular formula is C20H27N5O2. The van der Waals surface area contributed by atoms with E-state index in [9.17, 15) is 4.79 Å². The fourth-order valence-corrected chi connectivity index (χ4v) is 4.74. The Labute approximate surface area is 159 Å². The van der Waals surface area contributed by atoms with Crippen LogP contribution in [0.3, 0.4) is 0 Å². The average molecular weight is 369 g/mol. The summed E-state index contributed by atoms with van der Waals surface area (Å²) in [6.07, 6.45) is 8.66. The first-order valence-corrected chi connectivity index (χ1v) is 10.2. The van der Waals surface area contributed by atoms with E-state index in [1.54, 1.807) is 4.68 Å². The average Bonchev–Trinajstić information content (AvgIpc) is 3.30. The van der Waals surface area contributed by atoms with Crippen LogP contribution >= 0.6 is 0 Å². The Morgan fingerprint density at radius 1 is 1.19 bits per heavy atom. The number of rotatable bonds is 4. The molecule has 4 heterocycles. The molecule has 1 atom stereocenters. The molecule has 0 amide bonds. The first-order valence-electron chi connectivity index (χ1n) is 10.2. The number of hydrogen-bond donors (Lipinski definition) is 0. The maximum Gasteiger partial charge on any atom is 0.267 e. The van der Waals surface area contributed by atoms with Crippen molar-refractivity contribution in [3.8, 4) is 0 Å². The van der Waals surface area contributed by atoms with E-state index >= 15 is 0 Å². The molecule has 7 heteroatoms. The van der Waals surface area contributed by atoms with Gasteiger partial charge in [-0.2, -0.15) is 5.10 Å². The fourth-order valence-electron chi connectivity index (χ4n) is 4.74. The van der Waals surface area contributed by atoms with Gasteiger partial charge in [0.15, 0.2) is 0 Å². The molecule has 1 fully saturated rings. The number of fused-ring (bicyclic) bond motifs is 2. The molecule has 3 aliphatic rings. The van der Waals surface area contributed by atoms with E-state index in [4.69, 9.17) is 9.84 Å². The van der Waals surface area contributed by atoms with Crippen LogP contribution in [-0.2, 0) is 43.8 Å². The number of imidazole rings is 1. The summed E-state index contributed by atoms with van der Waals surface area (Å²) < 4.78 is 9.50. The van der Waals surface area contributed by atoms with Crippen LogP contribution in [0, 0.1) is 0 Å². The second-order valence-corrected chi connectivity index (χ2v) is 7.98. The highest BCUT2D eigenvalue weighted by Crippen LogP contribution is 2.23. The van der Waals surface area contributed by atoms with Crippen LogP contribution in [0.2, 0.25) is 0 Å². The van der Waals surface area contributed by atoms with Crippen molar-refractivity contribution in [1.82, 2.24) is 24.2 Å². The van der Waals surface area contributed by atoms with Crippen molar-refractivity contribution in [2.75, 3.05) is 13.2 Å². The highest BCUT2D eigenvalue weighted by atomic mass is 16.5. The van der Waals surface area contributed by atoms with Gasteiger partial charge in [-0.3, -0.25) is 9.69 Å². The molecule has 1 unspecified atom stereocenters. The predicted molar refractivity (Wildman–Crippen MR) is 100 cm³/mol. The Morgan fingerprint density at radius 3 is 3.07 bits per heavy atom. The molecule has 2 aromatic heterocycles. The molecule has 2 aromatic rings. The molecule has 144 valence electrons. The zero-order valence-electron chi connectivity index (χ0n) is 15.8. The number of aromatic nitrogens is 4. The molecule has 0 spiro atoms. The van der Waals surface area contributed by atoms with E-state index < -0.39 is 0 Å². The lowest BCUT2D eigenvalue weighted by Gasteiger charge is -2.26. The largest absolute Gasteiger partial charge is 0.372 e. The van der Waals surface area contributed by atoms with Gasteiger partial charge in [0, 0.05) is 31.4 Å². The van der Waals surface area contributed by atoms with Crippen molar-refractivity contribution >= 4 is 0 Å². The normalized spacial score (nSPS) is 22.6. The minimum absolute atomic E-state index is 0.0568. The smallest absolute Gasteiger partial charge is 0.267 e. The van der Waals surface area contributed by atoms with Gasteiger partial charge < -0.3 is 9.30 Å². The Balaban J connectivity index is 1.33. The second-order valence-electron chi connectivity index (χ2n) is 7.98. The molecule has 0 bridgehead atoms. The number of hydrogen-bond acceptors (Lipinski definition) is 5. The molecule has 1 aliphatic carbocycles. The van der Waals surface area contributed by atoms with Crippen LogP contribution < -0.4 is 5.56 Å². The van der Waals surface area contributed by atoms with Crippen molar-refractivity contribution in [2.24, 2.45) is 0 Å². The molecule has 7 nitrogen and oxygen atoms in total. The van der Waals surface area contributed by atoms with Gasteiger partial charge in [0.05, 0.1) is 24.5 Å². The Bertz CT molecular complexity index is 887. The summed E-state index contributed by atoms with van der Waals surface area (Å²) in [4.78, 5) is 19.6. The van der Waals surface area contributed by atoms with Crippen LogP contribution in [0.15, 0.2) is 17.1 Å². The zero-order valence-corrected chi connectivity index (χ0v) is 15.8. The molecule has 27 heavy (non-hydrogen) atoms. The molecule has 5 rings (SSSR count). The van der Waals surface area contributed by atoms with Gasteiger partial charge >= 0.3 is 0 Å². The summed E-state index contributed by atoms with van der Waals surface area (Å²) in [5, 5.41) is 4.72. The number of aryl methyl sites for hydroxylation is 2. The van der Waals surface area contributed by atoms with Crippen LogP contribution in [0.1, 0.15) is 48.5 Å². The van der Waals surface area contributed by atoms with Gasteiger partial charge in [-0.05, 0) is 50.6 Å². The molecule has 1 saturated heterocycles. The minimum atomic E-state index is 0.0568. The van der Waals surface area contributed by atoms with Gasteiger partial charge in [0.1, 0.15) is 12.4 Å². The van der Waals surface area contributed by atoms with Crippen LogP contribution in [-0.4, -0.2) is 43.4 Å². The molecule has 0 saturated carbocycles. The van der Waals surface area contributed by atoms with E-state index in [2.05, 4.69) is 14.5 Å². The van der Waals surface area contributed by atoms with Gasteiger partial charge in [0.2, 0.25) is 0 Å². The number of ether oxygens (including phenoxy) is 1. The molecular weight excluding hydrogens is 342 g/mol. The second kappa shape index (κ2) is 7.20. The lowest BCUT2D eigenvalue weighted by atomic mass is 9.97. The number of likely N-dealkylation sites (tertiary alicyclic amines) is 1. The maximum atomic E-state index is 12.5. The van der Waals surface area contributed by atoms with Crippen LogP contribution in [0.4, 0.5) is 0 Å². The first kappa shape index (κ1) is 17.1. The van der Waals surface area contributed by atoms with Gasteiger partial charge in [-0.1, -0.05) is 0 Å². The third kappa shape index (κ3) is 3.34. The van der Waals surface area contributed by atoms with Crippen molar-refractivity contribution in [3.05, 3.63) is 45.4 Å². The number of nitrogens with zero attached hydrogens (tertiary/aromatic N) is 5. The Kier molecular flexibility index (Phi) is 4.57. The topological polar surface area (TPSA) is 65.2 Å². The molecule has 0 N–H and O–H groups in total. The molecule has 0 aromatic carbocycles. The molecule has 2 aliphatic heterocycles. The van der Waals surface area contributed by atoms with Crippen LogP contribution in [0.5, 0.6) is 0 Å². The first-order chi connectivity index (χ1) is 13.3. The third-order valence-electron chi connectivity index (χ3n) is 6.23. The predicted octanol–water partition coefficient (Wildman–Crippen LogP) is 1.51. The van der Waals surface area contributed by atoms with Crippen molar-refractivity contribution in [3.63, 3.8) is 0 Å². The SMILES string of the molecule is O=c1cc2c(nn1CC1CCCN1Cc1cnc3n1CCOC3)CCCC2. The van der Waals surface area contributed by atoms with Gasteiger partial charge in [-0.15, -0.1) is 0 Å². The standard InChI is InChI=1S/C20H27N5O2/c26-20-10-15-4-1-2-6-18(15)22-25(20)13-16-5-3-7-23(16)12-17-11-21-19-14-27-9-8-24(17)19/h10-11,16H,1-9,12-14H2. The van der Waals surface area contributed by atoms with E-state index in [-0.39, 0.29) is 5.56 Å². The fraction of sp³-hybridized carbons (Fsp3) is 0.650. The lowest BCUT2D eigenvalue weighted by Crippen LogP contribution is -2.38. The summed E-state index contributed by atoms with van der Waals surface area (Å²) >= 11 is 0. The monoisotopic (exact) mass is 369 g/mol. The Hall–Kier alpha value is -1.99. The highest BCUT2D eigenvalue weighted by molar-refractivity contribution is 5.20. The van der Waals surface area contributed by atoms with E-state index in [0.29, 0.717) is 19.2 Å². The minimum Gasteiger partial charge on any atom is -0.372 e. The van der Waals surface area contributed by atoms with Gasteiger partial charge in [0.25, 0.3) is 5.56 Å². The highest BCUT2D eigenvalue weighted by Gasteiger charge is 2.28. The summed E-state index contributed by atoms with van der Waals surface area (Å²) in [5.41, 5.74) is 3.61. The zero-order chi connectivity index (χ0) is 18.2. The van der Waals surface area contributed by atoms with Gasteiger partial charge in [-0.25, -0.2) is 9.67 Å². The van der Waals surface area contributed by atoms with E-state index in [0.717, 1.165) is 57.0 Å².